The molecule has 1 heterocycles. The van der Waals surface area contributed by atoms with Crippen molar-refractivity contribution in [1.29, 1.82) is 0 Å². The maximum atomic E-state index is 11.1. The molecule has 4 nitrogen and oxygen atoms in total. The Balaban J connectivity index is 2.34. The van der Waals surface area contributed by atoms with E-state index in [0.29, 0.717) is 12.5 Å². The molecule has 0 aromatic carbocycles. The maximum absolute atomic E-state index is 11.1. The summed E-state index contributed by atoms with van der Waals surface area (Å²) in [6, 6.07) is -0.292. The van der Waals surface area contributed by atoms with Gasteiger partial charge in [0.25, 0.3) is 0 Å². The van der Waals surface area contributed by atoms with Crippen LogP contribution >= 0.6 is 0 Å². The van der Waals surface area contributed by atoms with Crippen molar-refractivity contribution in [3.8, 4) is 0 Å². The lowest BCUT2D eigenvalue weighted by molar-refractivity contribution is -0.148. The minimum atomic E-state index is -0.292. The zero-order chi connectivity index (χ0) is 9.84. The van der Waals surface area contributed by atoms with Gasteiger partial charge in [-0.25, -0.2) is 0 Å². The summed E-state index contributed by atoms with van der Waals surface area (Å²) < 4.78 is 10.1. The number of hydrogen-bond acceptors (Lipinski definition) is 4. The van der Waals surface area contributed by atoms with E-state index in [2.05, 4.69) is 23.9 Å². The van der Waals surface area contributed by atoms with Crippen molar-refractivity contribution in [3.63, 3.8) is 0 Å². The van der Waals surface area contributed by atoms with E-state index in [1.165, 1.54) is 7.11 Å². The SMILES string of the molecule is COC(=O)C1COC(C(C)C)CN1. The summed E-state index contributed by atoms with van der Waals surface area (Å²) in [5.74, 6) is 0.230. The summed E-state index contributed by atoms with van der Waals surface area (Å²) in [7, 11) is 1.39. The Hall–Kier alpha value is -0.610. The smallest absolute Gasteiger partial charge is 0.325 e. The average Bonchev–Trinajstić information content (AvgIpc) is 2.17. The molecule has 1 aliphatic heterocycles. The van der Waals surface area contributed by atoms with Crippen molar-refractivity contribution in [2.24, 2.45) is 5.92 Å². The molecule has 13 heavy (non-hydrogen) atoms. The van der Waals surface area contributed by atoms with Crippen LogP contribution in [0.15, 0.2) is 0 Å². The van der Waals surface area contributed by atoms with E-state index < -0.39 is 0 Å². The van der Waals surface area contributed by atoms with E-state index in [4.69, 9.17) is 4.74 Å². The zero-order valence-corrected chi connectivity index (χ0v) is 8.37. The van der Waals surface area contributed by atoms with E-state index in [-0.39, 0.29) is 18.1 Å². The lowest BCUT2D eigenvalue weighted by atomic mass is 10.1. The van der Waals surface area contributed by atoms with Gasteiger partial charge in [0, 0.05) is 6.54 Å². The van der Waals surface area contributed by atoms with Crippen LogP contribution in [0.4, 0.5) is 0 Å². The second-order valence-electron chi connectivity index (χ2n) is 3.60. The third kappa shape index (κ3) is 2.67. The van der Waals surface area contributed by atoms with Gasteiger partial charge in [0.1, 0.15) is 6.04 Å². The van der Waals surface area contributed by atoms with Crippen LogP contribution in [0.2, 0.25) is 0 Å². The van der Waals surface area contributed by atoms with Crippen LogP contribution in [0.3, 0.4) is 0 Å². The summed E-state index contributed by atoms with van der Waals surface area (Å²) >= 11 is 0. The molecule has 2 unspecified atom stereocenters. The van der Waals surface area contributed by atoms with Gasteiger partial charge < -0.3 is 9.47 Å². The fourth-order valence-electron chi connectivity index (χ4n) is 1.32. The molecule has 1 saturated heterocycles. The third-order valence-electron chi connectivity index (χ3n) is 2.27. The highest BCUT2D eigenvalue weighted by atomic mass is 16.5. The summed E-state index contributed by atoms with van der Waals surface area (Å²) in [6.45, 7) is 5.34. The third-order valence-corrected chi connectivity index (χ3v) is 2.27. The van der Waals surface area contributed by atoms with Crippen LogP contribution in [0.25, 0.3) is 0 Å². The van der Waals surface area contributed by atoms with Crippen LogP contribution < -0.4 is 5.32 Å². The first-order valence-electron chi connectivity index (χ1n) is 4.58. The van der Waals surface area contributed by atoms with Crippen molar-refractivity contribution in [1.82, 2.24) is 5.32 Å². The van der Waals surface area contributed by atoms with E-state index in [9.17, 15) is 4.79 Å². The zero-order valence-electron chi connectivity index (χ0n) is 8.37. The highest BCUT2D eigenvalue weighted by Gasteiger charge is 2.28. The molecule has 0 radical (unpaired) electrons. The minimum Gasteiger partial charge on any atom is -0.468 e. The van der Waals surface area contributed by atoms with E-state index in [0.717, 1.165) is 6.54 Å². The lowest BCUT2D eigenvalue weighted by Crippen LogP contribution is -2.52. The number of nitrogens with one attached hydrogen (secondary N) is 1. The molecular formula is C9H17NO3. The average molecular weight is 187 g/mol. The first-order valence-corrected chi connectivity index (χ1v) is 4.58. The number of hydrogen-bond donors (Lipinski definition) is 1. The first kappa shape index (κ1) is 10.5. The van der Waals surface area contributed by atoms with Gasteiger partial charge >= 0.3 is 5.97 Å². The predicted molar refractivity (Wildman–Crippen MR) is 48.4 cm³/mol. The molecule has 0 saturated carbocycles. The molecule has 1 fully saturated rings. The number of carbonyl (C=O) groups is 1. The van der Waals surface area contributed by atoms with Gasteiger partial charge in [-0.05, 0) is 5.92 Å². The molecule has 0 aliphatic carbocycles. The standard InChI is InChI=1S/C9H17NO3/c1-6(2)8-4-10-7(5-13-8)9(11)12-3/h6-8,10H,4-5H2,1-3H3. The number of morpholine rings is 1. The highest BCUT2D eigenvalue weighted by Crippen LogP contribution is 2.10. The van der Waals surface area contributed by atoms with Gasteiger partial charge in [-0.1, -0.05) is 13.8 Å². The number of esters is 1. The summed E-state index contributed by atoms with van der Waals surface area (Å²) in [6.07, 6.45) is 0.209. The molecule has 0 spiro atoms. The molecule has 0 aromatic heterocycles. The van der Waals surface area contributed by atoms with Crippen molar-refractivity contribution in [3.05, 3.63) is 0 Å². The van der Waals surface area contributed by atoms with Crippen molar-refractivity contribution in [2.75, 3.05) is 20.3 Å². The summed E-state index contributed by atoms with van der Waals surface area (Å²) in [5.41, 5.74) is 0. The Kier molecular flexibility index (Phi) is 3.69. The molecule has 76 valence electrons. The fraction of sp³-hybridized carbons (Fsp3) is 0.889. The van der Waals surface area contributed by atoms with Gasteiger partial charge in [-0.15, -0.1) is 0 Å². The Morgan fingerprint density at radius 3 is 2.69 bits per heavy atom. The predicted octanol–water partition coefficient (Wildman–Crippen LogP) is 0.172. The van der Waals surface area contributed by atoms with Crippen LogP contribution in [0, 0.1) is 5.92 Å². The topological polar surface area (TPSA) is 47.6 Å². The molecule has 1 aliphatic rings. The van der Waals surface area contributed by atoms with E-state index >= 15 is 0 Å². The first-order chi connectivity index (χ1) is 6.15. The maximum Gasteiger partial charge on any atom is 0.325 e. The van der Waals surface area contributed by atoms with Crippen molar-refractivity contribution >= 4 is 5.97 Å². The van der Waals surface area contributed by atoms with E-state index in [1.807, 2.05) is 0 Å². The molecule has 0 amide bonds. The number of carbonyl (C=O) groups excluding carboxylic acids is 1. The molecule has 4 heteroatoms. The minimum absolute atomic E-state index is 0.209. The Morgan fingerprint density at radius 1 is 1.62 bits per heavy atom. The second kappa shape index (κ2) is 4.58. The molecule has 0 bridgehead atoms. The molecule has 1 N–H and O–H groups in total. The second-order valence-corrected chi connectivity index (χ2v) is 3.60. The molecule has 2 atom stereocenters. The quantitative estimate of drug-likeness (QED) is 0.626. The van der Waals surface area contributed by atoms with Gasteiger partial charge in [0.15, 0.2) is 0 Å². The lowest BCUT2D eigenvalue weighted by Gasteiger charge is -2.30. The monoisotopic (exact) mass is 187 g/mol. The number of methoxy groups -OCH3 is 1. The normalized spacial score (nSPS) is 28.9. The Bertz CT molecular complexity index is 174. The summed E-state index contributed by atoms with van der Waals surface area (Å²) in [5, 5.41) is 3.10. The number of ether oxygens (including phenoxy) is 2. The van der Waals surface area contributed by atoms with Crippen LogP contribution in [0.1, 0.15) is 13.8 Å². The van der Waals surface area contributed by atoms with Gasteiger partial charge in [0.2, 0.25) is 0 Å². The largest absolute Gasteiger partial charge is 0.468 e. The van der Waals surface area contributed by atoms with E-state index in [1.54, 1.807) is 0 Å². The van der Waals surface area contributed by atoms with Gasteiger partial charge in [0.05, 0.1) is 19.8 Å². The molecular weight excluding hydrogens is 170 g/mol. The Labute approximate surface area is 78.6 Å². The summed E-state index contributed by atoms with van der Waals surface area (Å²) in [4.78, 5) is 11.1. The van der Waals surface area contributed by atoms with Crippen LogP contribution in [0.5, 0.6) is 0 Å². The van der Waals surface area contributed by atoms with Crippen molar-refractivity contribution < 1.29 is 14.3 Å². The van der Waals surface area contributed by atoms with Crippen LogP contribution in [-0.4, -0.2) is 38.4 Å². The fourth-order valence-corrected chi connectivity index (χ4v) is 1.32. The van der Waals surface area contributed by atoms with Gasteiger partial charge in [-0.2, -0.15) is 0 Å². The highest BCUT2D eigenvalue weighted by molar-refractivity contribution is 5.75. The van der Waals surface area contributed by atoms with Crippen LogP contribution in [-0.2, 0) is 14.3 Å². The Morgan fingerprint density at radius 2 is 2.31 bits per heavy atom. The van der Waals surface area contributed by atoms with Crippen molar-refractivity contribution in [2.45, 2.75) is 26.0 Å². The number of rotatable bonds is 2. The molecule has 1 rings (SSSR count). The van der Waals surface area contributed by atoms with Gasteiger partial charge in [-0.3, -0.25) is 10.1 Å². The molecule has 0 aromatic rings.